The third kappa shape index (κ3) is 5.95. The van der Waals surface area contributed by atoms with Gasteiger partial charge in [0.25, 0.3) is 7.64 Å². The van der Waals surface area contributed by atoms with Crippen LogP contribution in [0.15, 0.2) is 121 Å². The number of methoxy groups -OCH3 is 1. The fraction of sp³-hybridized carbons (Fsp3) is 0.143. The molecule has 0 radical (unpaired) electrons. The van der Waals surface area contributed by atoms with Gasteiger partial charge in [0.05, 0.1) is 14.7 Å². The van der Waals surface area contributed by atoms with Gasteiger partial charge in [-0.05, 0) is 41.3 Å². The van der Waals surface area contributed by atoms with Crippen LogP contribution in [-0.4, -0.2) is 20.3 Å². The highest BCUT2D eigenvalue weighted by Crippen LogP contribution is 2.59. The van der Waals surface area contributed by atoms with Gasteiger partial charge in [-0.1, -0.05) is 97.1 Å². The molecule has 0 heterocycles. The largest absolute Gasteiger partial charge is 0.385 e. The molecule has 0 aliphatic rings. The number of hydrogen-bond acceptors (Lipinski definition) is 3. The van der Waals surface area contributed by atoms with Crippen molar-refractivity contribution in [3.63, 3.8) is 0 Å². The predicted octanol–water partition coefficient (Wildman–Crippen LogP) is 5.18. The molecule has 0 bridgehead atoms. The zero-order valence-electron chi connectivity index (χ0n) is 18.9. The van der Waals surface area contributed by atoms with Gasteiger partial charge in [0.1, 0.15) is 10.6 Å². The van der Waals surface area contributed by atoms with E-state index in [0.717, 1.165) is 6.42 Å². The monoisotopic (exact) mass is 474 g/mol. The van der Waals surface area contributed by atoms with E-state index in [2.05, 4.69) is 126 Å². The molecule has 0 amide bonds. The van der Waals surface area contributed by atoms with E-state index in [1.54, 1.807) is 7.11 Å². The van der Waals surface area contributed by atoms with Gasteiger partial charge >= 0.3 is 0 Å². The van der Waals surface area contributed by atoms with Gasteiger partial charge in [-0.3, -0.25) is 0 Å². The zero-order valence-corrected chi connectivity index (χ0v) is 20.7. The molecule has 0 unspecified atom stereocenters. The molecule has 0 spiro atoms. The first-order chi connectivity index (χ1) is 16.3. The second kappa shape index (κ2) is 12.2. The van der Waals surface area contributed by atoms with E-state index in [1.807, 2.05) is 0 Å². The Bertz CT molecular complexity index is 1000. The smallest absolute Gasteiger partial charge is 0.282 e. The summed E-state index contributed by atoms with van der Waals surface area (Å²) in [5.41, 5.74) is 0. The molecule has 0 saturated carbocycles. The molecule has 4 aromatic rings. The average molecular weight is 475 g/mol. The van der Waals surface area contributed by atoms with Crippen LogP contribution in [0, 0.1) is 0 Å². The van der Waals surface area contributed by atoms with Crippen molar-refractivity contribution in [2.75, 3.05) is 20.3 Å². The molecule has 4 aromatic carbocycles. The van der Waals surface area contributed by atoms with E-state index in [1.165, 1.54) is 21.2 Å². The van der Waals surface area contributed by atoms with Gasteiger partial charge in [0.15, 0.2) is 0 Å². The summed E-state index contributed by atoms with van der Waals surface area (Å²) >= 11 is 0. The lowest BCUT2D eigenvalue weighted by Crippen LogP contribution is -2.36. The zero-order chi connectivity index (χ0) is 22.8. The van der Waals surface area contributed by atoms with Crippen molar-refractivity contribution in [1.29, 1.82) is 0 Å². The summed E-state index contributed by atoms with van der Waals surface area (Å²) in [6, 6.07) is 42.7. The van der Waals surface area contributed by atoms with E-state index >= 15 is 0 Å². The van der Waals surface area contributed by atoms with Crippen LogP contribution in [0.2, 0.25) is 0 Å². The second-order valence-corrected chi connectivity index (χ2v) is 12.6. The highest BCUT2D eigenvalue weighted by molar-refractivity contribution is 7.92. The van der Waals surface area contributed by atoms with Crippen LogP contribution in [0.5, 0.6) is 0 Å². The minimum absolute atomic E-state index is 0.616. The Morgan fingerprint density at radius 1 is 0.606 bits per heavy atom. The van der Waals surface area contributed by atoms with E-state index in [-0.39, 0.29) is 0 Å². The molecule has 1 N–H and O–H groups in total. The van der Waals surface area contributed by atoms with Crippen LogP contribution in [0.3, 0.4) is 0 Å². The second-order valence-electron chi connectivity index (χ2n) is 7.57. The van der Waals surface area contributed by atoms with Crippen molar-refractivity contribution in [2.45, 2.75) is 6.42 Å². The molecule has 0 aliphatic carbocycles. The fourth-order valence-electron chi connectivity index (χ4n) is 3.68. The number of benzene rings is 4. The molecular weight excluding hydrogens is 444 g/mol. The molecule has 0 atom stereocenters. The van der Waals surface area contributed by atoms with Gasteiger partial charge < -0.3 is 4.74 Å². The molecular formula is C28H30NO2P2+. The van der Waals surface area contributed by atoms with Crippen molar-refractivity contribution in [1.82, 2.24) is 4.86 Å². The maximum atomic E-state index is 6.91. The van der Waals surface area contributed by atoms with Crippen LogP contribution in [0.1, 0.15) is 6.42 Å². The summed E-state index contributed by atoms with van der Waals surface area (Å²) in [4.78, 5) is 4.12. The van der Waals surface area contributed by atoms with E-state index in [9.17, 15) is 0 Å². The molecule has 33 heavy (non-hydrogen) atoms. The first-order valence-electron chi connectivity index (χ1n) is 11.2. The number of nitrogens with one attached hydrogen (secondary N) is 1. The summed E-state index contributed by atoms with van der Waals surface area (Å²) in [5.74, 6) is 0. The maximum Gasteiger partial charge on any atom is 0.282 e. The lowest BCUT2D eigenvalue weighted by molar-refractivity contribution is 0.175. The molecule has 5 heteroatoms. The molecule has 4 rings (SSSR count). The highest BCUT2D eigenvalue weighted by atomic mass is 31.2. The Morgan fingerprint density at radius 2 is 1.03 bits per heavy atom. The lowest BCUT2D eigenvalue weighted by Gasteiger charge is -2.30. The van der Waals surface area contributed by atoms with Gasteiger partial charge in [0.2, 0.25) is 0 Å². The first kappa shape index (κ1) is 23.8. The van der Waals surface area contributed by atoms with Crippen molar-refractivity contribution in [3.05, 3.63) is 121 Å². The maximum absolute atomic E-state index is 6.91. The lowest BCUT2D eigenvalue weighted by atomic mass is 10.4. The average Bonchev–Trinajstić information content (AvgIpc) is 2.90. The number of ether oxygens (including phenoxy) is 1. The Morgan fingerprint density at radius 3 is 1.45 bits per heavy atom. The molecule has 0 aliphatic heterocycles. The molecule has 0 aromatic heterocycles. The minimum atomic E-state index is -2.40. The van der Waals surface area contributed by atoms with Crippen molar-refractivity contribution < 1.29 is 9.26 Å². The third-order valence-electron chi connectivity index (χ3n) is 5.29. The SMILES string of the molecule is COCCCO[P+](NP(c1ccccc1)c1ccccc1)(c1ccccc1)c1ccccc1. The summed E-state index contributed by atoms with van der Waals surface area (Å²) < 4.78 is 12.2. The van der Waals surface area contributed by atoms with Crippen LogP contribution in [0.25, 0.3) is 0 Å². The minimum Gasteiger partial charge on any atom is -0.385 e. The van der Waals surface area contributed by atoms with Crippen LogP contribution >= 0.6 is 15.7 Å². The first-order valence-corrected chi connectivity index (χ1v) is 14.2. The Hall–Kier alpha value is -2.38. The molecule has 168 valence electrons. The quantitative estimate of drug-likeness (QED) is 0.240. The van der Waals surface area contributed by atoms with Gasteiger partial charge in [-0.2, -0.15) is 0 Å². The normalized spacial score (nSPS) is 11.6. The third-order valence-corrected chi connectivity index (χ3v) is 11.5. The topological polar surface area (TPSA) is 30.5 Å². The number of rotatable bonds is 11. The Kier molecular flexibility index (Phi) is 8.78. The standard InChI is InChI=1S/C28H30NO2P2/c1-30-23-14-24-31-33(27-19-10-4-11-20-27,28-21-12-5-13-22-28)29-32(25-15-6-2-7-16-25)26-17-8-3-9-18-26/h2-13,15-22,29H,14,23-24H2,1H3/q+1. The van der Waals surface area contributed by atoms with Gasteiger partial charge in [-0.15, -0.1) is 4.86 Å². The van der Waals surface area contributed by atoms with Crippen molar-refractivity contribution in [3.8, 4) is 0 Å². The van der Waals surface area contributed by atoms with E-state index < -0.39 is 15.7 Å². The van der Waals surface area contributed by atoms with Crippen LogP contribution in [0.4, 0.5) is 0 Å². The van der Waals surface area contributed by atoms with Crippen LogP contribution < -0.4 is 26.1 Å². The van der Waals surface area contributed by atoms with Crippen LogP contribution in [-0.2, 0) is 9.26 Å². The highest BCUT2D eigenvalue weighted by Gasteiger charge is 2.48. The number of hydrogen-bond donors (Lipinski definition) is 1. The van der Waals surface area contributed by atoms with Crippen molar-refractivity contribution in [2.24, 2.45) is 0 Å². The summed E-state index contributed by atoms with van der Waals surface area (Å²) in [6.07, 6.45) is 0.841. The summed E-state index contributed by atoms with van der Waals surface area (Å²) in [7, 11) is -1.54. The van der Waals surface area contributed by atoms with Crippen molar-refractivity contribution >= 4 is 36.9 Å². The van der Waals surface area contributed by atoms with E-state index in [4.69, 9.17) is 9.26 Å². The predicted molar refractivity (Wildman–Crippen MR) is 144 cm³/mol. The summed E-state index contributed by atoms with van der Waals surface area (Å²) in [5, 5.41) is 4.92. The van der Waals surface area contributed by atoms with Gasteiger partial charge in [0, 0.05) is 13.7 Å². The summed E-state index contributed by atoms with van der Waals surface area (Å²) in [6.45, 7) is 1.29. The molecule has 0 saturated heterocycles. The van der Waals surface area contributed by atoms with Gasteiger partial charge in [-0.25, -0.2) is 4.52 Å². The Balaban J connectivity index is 1.84. The molecule has 3 nitrogen and oxygen atoms in total. The van der Waals surface area contributed by atoms with E-state index in [0.29, 0.717) is 13.2 Å². The molecule has 0 fully saturated rings. The fourth-order valence-corrected chi connectivity index (χ4v) is 10.3. The Labute approximate surface area is 199 Å².